The minimum atomic E-state index is 1.37. The lowest BCUT2D eigenvalue weighted by Gasteiger charge is -2.55. The zero-order valence-electron chi connectivity index (χ0n) is 19.9. The van der Waals surface area contributed by atoms with Crippen LogP contribution in [-0.2, 0) is 0 Å². The fourth-order valence-corrected chi connectivity index (χ4v) is 5.75. The number of hydrogen-bond acceptors (Lipinski definition) is 0. The van der Waals surface area contributed by atoms with E-state index in [0.717, 1.165) is 0 Å². The van der Waals surface area contributed by atoms with Crippen molar-refractivity contribution in [3.05, 3.63) is 0 Å². The second-order valence-corrected chi connectivity index (χ2v) is 10.4. The molecule has 0 aliphatic carbocycles. The molecule has 166 valence electrons. The van der Waals surface area contributed by atoms with Crippen LogP contribution < -0.4 is 0 Å². The van der Waals surface area contributed by atoms with Crippen LogP contribution in [-0.4, -0.2) is 61.3 Å². The van der Waals surface area contributed by atoms with Gasteiger partial charge in [-0.1, -0.05) is 97.3 Å². The normalized spacial score (nSPS) is 26.8. The lowest BCUT2D eigenvalue weighted by atomic mass is 10.0. The summed E-state index contributed by atoms with van der Waals surface area (Å²) in [5, 5.41) is 0. The number of unbranched alkanes of at least 4 members (excludes halogenated alkanes) is 14. The van der Waals surface area contributed by atoms with Crippen molar-refractivity contribution >= 4 is 0 Å². The highest BCUT2D eigenvalue weighted by Crippen LogP contribution is 2.28. The number of piperazine rings is 3. The van der Waals surface area contributed by atoms with Crippen LogP contribution in [0.2, 0.25) is 0 Å². The number of nitrogens with zero attached hydrogens (tertiary/aromatic N) is 2. The predicted molar refractivity (Wildman–Crippen MR) is 125 cm³/mol. The molecule has 0 aromatic heterocycles. The number of fused-ring (bicyclic) bond motifs is 3. The van der Waals surface area contributed by atoms with Gasteiger partial charge in [0.15, 0.2) is 0 Å². The van der Waals surface area contributed by atoms with Crippen molar-refractivity contribution in [3.8, 4) is 0 Å². The number of quaternary nitrogens is 2. The summed E-state index contributed by atoms with van der Waals surface area (Å²) in [7, 11) is 0. The Bertz CT molecular complexity index is 354. The van der Waals surface area contributed by atoms with Crippen LogP contribution >= 0.6 is 0 Å². The molecule has 28 heavy (non-hydrogen) atoms. The molecule has 0 unspecified atom stereocenters. The third kappa shape index (κ3) is 8.74. The van der Waals surface area contributed by atoms with E-state index in [-0.39, 0.29) is 0 Å². The average molecular weight is 395 g/mol. The van der Waals surface area contributed by atoms with Gasteiger partial charge in [0.25, 0.3) is 0 Å². The molecule has 0 saturated carbocycles. The van der Waals surface area contributed by atoms with Gasteiger partial charge in [-0.2, -0.15) is 0 Å². The Morgan fingerprint density at radius 2 is 0.643 bits per heavy atom. The van der Waals surface area contributed by atoms with E-state index in [2.05, 4.69) is 13.8 Å². The fraction of sp³-hybridized carbons (Fsp3) is 1.00. The van der Waals surface area contributed by atoms with Crippen molar-refractivity contribution in [1.29, 1.82) is 0 Å². The van der Waals surface area contributed by atoms with E-state index in [1.165, 1.54) is 164 Å². The summed E-state index contributed by atoms with van der Waals surface area (Å²) in [5.74, 6) is 0. The number of hydrogen-bond donors (Lipinski definition) is 0. The number of rotatable bonds is 18. The van der Waals surface area contributed by atoms with Gasteiger partial charge in [-0.05, 0) is 19.3 Å². The first kappa shape index (κ1) is 24.2. The highest BCUT2D eigenvalue weighted by molar-refractivity contribution is 4.62. The molecule has 0 radical (unpaired) electrons. The molecule has 3 heterocycles. The van der Waals surface area contributed by atoms with Crippen molar-refractivity contribution in [1.82, 2.24) is 0 Å². The summed E-state index contributed by atoms with van der Waals surface area (Å²) in [6.07, 6.45) is 23.5. The summed E-state index contributed by atoms with van der Waals surface area (Å²) < 4.78 is 2.97. The predicted octanol–water partition coefficient (Wildman–Crippen LogP) is 6.93. The topological polar surface area (TPSA) is 0 Å². The molecule has 0 aromatic rings. The standard InChI is InChI=1S/C26H54N2/c1-3-5-7-8-9-10-11-12-13-14-15-16-17-18-20-28-24-21-27(22-25-28,23-26-28)19-6-4-2/h3-26H2,1-2H3/q+2. The van der Waals surface area contributed by atoms with Crippen molar-refractivity contribution in [2.45, 2.75) is 117 Å². The van der Waals surface area contributed by atoms with Gasteiger partial charge >= 0.3 is 0 Å². The molecule has 3 fully saturated rings. The first-order valence-electron chi connectivity index (χ1n) is 13.4. The van der Waals surface area contributed by atoms with Gasteiger partial charge in [-0.15, -0.1) is 0 Å². The maximum absolute atomic E-state index is 2.35. The van der Waals surface area contributed by atoms with E-state index in [4.69, 9.17) is 0 Å². The Balaban J connectivity index is 1.38. The largest absolute Gasteiger partial charge is 0.310 e. The monoisotopic (exact) mass is 394 g/mol. The Kier molecular flexibility index (Phi) is 12.1. The molecule has 3 aliphatic rings. The lowest BCUT2D eigenvalue weighted by Crippen LogP contribution is -2.75. The van der Waals surface area contributed by atoms with E-state index < -0.39 is 0 Å². The Hall–Kier alpha value is -0.0800. The molecular weight excluding hydrogens is 340 g/mol. The van der Waals surface area contributed by atoms with Crippen molar-refractivity contribution in [3.63, 3.8) is 0 Å². The van der Waals surface area contributed by atoms with Gasteiger partial charge in [0.2, 0.25) is 0 Å². The molecule has 2 nitrogen and oxygen atoms in total. The molecule has 2 bridgehead atoms. The van der Waals surface area contributed by atoms with E-state index in [0.29, 0.717) is 0 Å². The first-order chi connectivity index (χ1) is 13.7. The van der Waals surface area contributed by atoms with Gasteiger partial charge in [-0.25, -0.2) is 0 Å². The van der Waals surface area contributed by atoms with Crippen LogP contribution in [0.1, 0.15) is 117 Å². The van der Waals surface area contributed by atoms with Crippen molar-refractivity contribution in [2.75, 3.05) is 52.4 Å². The SMILES string of the molecule is CCCCCCCCCCCCCCCC[N+]12CC[N+](CCCC)(CC1)CC2. The second-order valence-electron chi connectivity index (χ2n) is 10.4. The lowest BCUT2D eigenvalue weighted by molar-refractivity contribution is -1.08. The zero-order valence-corrected chi connectivity index (χ0v) is 19.9. The minimum absolute atomic E-state index is 1.37. The Morgan fingerprint density at radius 1 is 0.357 bits per heavy atom. The Morgan fingerprint density at radius 3 is 1.00 bits per heavy atom. The van der Waals surface area contributed by atoms with Crippen LogP contribution in [0.25, 0.3) is 0 Å². The van der Waals surface area contributed by atoms with Gasteiger partial charge in [0.05, 0.1) is 13.1 Å². The minimum Gasteiger partial charge on any atom is -0.310 e. The molecule has 0 aromatic carbocycles. The highest BCUT2D eigenvalue weighted by atomic mass is 15.5. The summed E-state index contributed by atoms with van der Waals surface area (Å²) in [6.45, 7) is 16.5. The third-order valence-corrected chi connectivity index (χ3v) is 8.12. The molecule has 0 amide bonds. The smallest absolute Gasteiger partial charge is 0.129 e. The van der Waals surface area contributed by atoms with Crippen LogP contribution in [0.15, 0.2) is 0 Å². The highest BCUT2D eigenvalue weighted by Gasteiger charge is 2.47. The summed E-state index contributed by atoms with van der Waals surface area (Å²) >= 11 is 0. The average Bonchev–Trinajstić information content (AvgIpc) is 2.74. The molecule has 0 spiro atoms. The summed E-state index contributed by atoms with van der Waals surface area (Å²) in [6, 6.07) is 0. The van der Waals surface area contributed by atoms with Crippen LogP contribution in [0.3, 0.4) is 0 Å². The van der Waals surface area contributed by atoms with Crippen LogP contribution in [0.4, 0.5) is 0 Å². The van der Waals surface area contributed by atoms with Crippen LogP contribution in [0, 0.1) is 0 Å². The van der Waals surface area contributed by atoms with E-state index in [1.54, 1.807) is 0 Å². The van der Waals surface area contributed by atoms with Gasteiger partial charge in [0.1, 0.15) is 39.3 Å². The molecule has 0 atom stereocenters. The third-order valence-electron chi connectivity index (χ3n) is 8.12. The summed E-state index contributed by atoms with van der Waals surface area (Å²) in [4.78, 5) is 0. The van der Waals surface area contributed by atoms with Gasteiger partial charge in [-0.3, -0.25) is 0 Å². The Labute approximate surface area is 178 Å². The van der Waals surface area contributed by atoms with Crippen LogP contribution in [0.5, 0.6) is 0 Å². The van der Waals surface area contributed by atoms with E-state index in [9.17, 15) is 0 Å². The molecule has 2 heteroatoms. The molecular formula is C26H54N2+2. The zero-order chi connectivity index (χ0) is 20.0. The first-order valence-corrected chi connectivity index (χ1v) is 13.4. The quantitative estimate of drug-likeness (QED) is 0.175. The maximum Gasteiger partial charge on any atom is 0.129 e. The second kappa shape index (κ2) is 14.0. The fourth-order valence-electron chi connectivity index (χ4n) is 5.75. The van der Waals surface area contributed by atoms with E-state index in [1.807, 2.05) is 0 Å². The maximum atomic E-state index is 2.35. The summed E-state index contributed by atoms with van der Waals surface area (Å²) in [5.41, 5.74) is 0. The molecule has 3 rings (SSSR count). The molecule has 3 aliphatic heterocycles. The van der Waals surface area contributed by atoms with Gasteiger partial charge < -0.3 is 8.97 Å². The molecule has 3 saturated heterocycles. The molecule has 0 N–H and O–H groups in total. The van der Waals surface area contributed by atoms with Crippen molar-refractivity contribution in [2.24, 2.45) is 0 Å². The van der Waals surface area contributed by atoms with Crippen molar-refractivity contribution < 1.29 is 8.97 Å². The van der Waals surface area contributed by atoms with E-state index >= 15 is 0 Å². The van der Waals surface area contributed by atoms with Gasteiger partial charge in [0, 0.05) is 0 Å².